The Bertz CT molecular complexity index is 403. The van der Waals surface area contributed by atoms with Crippen LogP contribution in [0.5, 0.6) is 0 Å². The van der Waals surface area contributed by atoms with E-state index in [1.54, 1.807) is 0 Å². The van der Waals surface area contributed by atoms with Crippen LogP contribution in [0.25, 0.3) is 0 Å². The standard InChI is InChI=1S/C13H19NO3S/c1-2-11-4-6-12(7-5-11)14-13(16)10-18(17)9-3-8-15/h4-7,15H,2-3,8-10H2,1H3,(H,14,16). The number of hydrogen-bond acceptors (Lipinski definition) is 3. The molecule has 0 aliphatic heterocycles. The second kappa shape index (κ2) is 8.00. The molecular weight excluding hydrogens is 250 g/mol. The number of amides is 1. The Kier molecular flexibility index (Phi) is 6.60. The zero-order chi connectivity index (χ0) is 13.4. The fourth-order valence-corrected chi connectivity index (χ4v) is 2.42. The molecule has 4 nitrogen and oxygen atoms in total. The second-order valence-electron chi connectivity index (χ2n) is 3.96. The number of carbonyl (C=O) groups is 1. The van der Waals surface area contributed by atoms with Gasteiger partial charge in [-0.2, -0.15) is 0 Å². The van der Waals surface area contributed by atoms with Gasteiger partial charge < -0.3 is 10.4 Å². The number of nitrogens with one attached hydrogen (secondary N) is 1. The molecule has 1 aromatic rings. The number of aliphatic hydroxyl groups excluding tert-OH is 1. The molecule has 1 unspecified atom stereocenters. The zero-order valence-corrected chi connectivity index (χ0v) is 11.3. The van der Waals surface area contributed by atoms with Crippen LogP contribution in [0, 0.1) is 0 Å². The smallest absolute Gasteiger partial charge is 0.236 e. The van der Waals surface area contributed by atoms with Crippen LogP contribution in [-0.2, 0) is 22.0 Å². The molecule has 0 saturated heterocycles. The highest BCUT2D eigenvalue weighted by Crippen LogP contribution is 2.09. The number of hydrogen-bond donors (Lipinski definition) is 2. The summed E-state index contributed by atoms with van der Waals surface area (Å²) in [6.07, 6.45) is 1.42. The van der Waals surface area contributed by atoms with E-state index < -0.39 is 10.8 Å². The fourth-order valence-electron chi connectivity index (χ4n) is 1.46. The molecule has 100 valence electrons. The maximum atomic E-state index is 11.6. The number of aryl methyl sites for hydroxylation is 1. The third kappa shape index (κ3) is 5.42. The van der Waals surface area contributed by atoms with Crippen LogP contribution in [0.4, 0.5) is 5.69 Å². The molecule has 0 aliphatic carbocycles. The summed E-state index contributed by atoms with van der Waals surface area (Å²) in [6, 6.07) is 7.59. The van der Waals surface area contributed by atoms with Crippen molar-refractivity contribution >= 4 is 22.4 Å². The first-order valence-electron chi connectivity index (χ1n) is 6.00. The van der Waals surface area contributed by atoms with Gasteiger partial charge in [-0.1, -0.05) is 19.1 Å². The van der Waals surface area contributed by atoms with Gasteiger partial charge in [-0.25, -0.2) is 0 Å². The maximum Gasteiger partial charge on any atom is 0.236 e. The van der Waals surface area contributed by atoms with Gasteiger partial charge in [0.05, 0.1) is 0 Å². The predicted molar refractivity (Wildman–Crippen MR) is 74.0 cm³/mol. The third-order valence-electron chi connectivity index (χ3n) is 2.47. The topological polar surface area (TPSA) is 66.4 Å². The molecule has 0 bridgehead atoms. The Morgan fingerprint density at radius 3 is 2.56 bits per heavy atom. The molecule has 1 rings (SSSR count). The first kappa shape index (κ1) is 14.9. The number of carbonyl (C=O) groups excluding carboxylic acids is 1. The van der Waals surface area contributed by atoms with E-state index in [2.05, 4.69) is 12.2 Å². The minimum Gasteiger partial charge on any atom is -0.396 e. The van der Waals surface area contributed by atoms with Gasteiger partial charge in [0.2, 0.25) is 5.91 Å². The summed E-state index contributed by atoms with van der Waals surface area (Å²) in [6.45, 7) is 2.07. The van der Waals surface area contributed by atoms with Crippen LogP contribution in [0.2, 0.25) is 0 Å². The van der Waals surface area contributed by atoms with E-state index in [1.807, 2.05) is 24.3 Å². The molecule has 0 fully saturated rings. The van der Waals surface area contributed by atoms with E-state index >= 15 is 0 Å². The van der Waals surface area contributed by atoms with Crippen LogP contribution in [-0.4, -0.2) is 33.3 Å². The summed E-state index contributed by atoms with van der Waals surface area (Å²) in [5, 5.41) is 11.3. The van der Waals surface area contributed by atoms with Crippen molar-refractivity contribution in [3.8, 4) is 0 Å². The van der Waals surface area contributed by atoms with Gasteiger partial charge in [0.15, 0.2) is 0 Å². The molecule has 0 aliphatic rings. The van der Waals surface area contributed by atoms with Gasteiger partial charge in [0.1, 0.15) is 5.75 Å². The minimum atomic E-state index is -1.20. The van der Waals surface area contributed by atoms with E-state index in [9.17, 15) is 9.00 Å². The van der Waals surface area contributed by atoms with Crippen molar-refractivity contribution in [2.24, 2.45) is 0 Å². The molecular formula is C13H19NO3S. The van der Waals surface area contributed by atoms with E-state index in [1.165, 1.54) is 5.56 Å². The van der Waals surface area contributed by atoms with Gasteiger partial charge in [0.25, 0.3) is 0 Å². The van der Waals surface area contributed by atoms with Gasteiger partial charge >= 0.3 is 0 Å². The number of benzene rings is 1. The lowest BCUT2D eigenvalue weighted by Crippen LogP contribution is -2.21. The highest BCUT2D eigenvalue weighted by molar-refractivity contribution is 7.85. The fraction of sp³-hybridized carbons (Fsp3) is 0.462. The average molecular weight is 269 g/mol. The Morgan fingerprint density at radius 2 is 2.00 bits per heavy atom. The third-order valence-corrected chi connectivity index (χ3v) is 3.80. The first-order valence-corrected chi connectivity index (χ1v) is 7.49. The molecule has 0 heterocycles. The summed E-state index contributed by atoms with van der Waals surface area (Å²) >= 11 is 0. The highest BCUT2D eigenvalue weighted by Gasteiger charge is 2.07. The summed E-state index contributed by atoms with van der Waals surface area (Å²) < 4.78 is 11.4. The average Bonchev–Trinajstić information content (AvgIpc) is 2.37. The molecule has 0 radical (unpaired) electrons. The Morgan fingerprint density at radius 1 is 1.33 bits per heavy atom. The molecule has 1 amide bonds. The lowest BCUT2D eigenvalue weighted by atomic mass is 10.1. The van der Waals surface area contributed by atoms with Gasteiger partial charge in [-0.05, 0) is 30.5 Å². The van der Waals surface area contributed by atoms with Crippen LogP contribution >= 0.6 is 0 Å². The lowest BCUT2D eigenvalue weighted by Gasteiger charge is -2.06. The molecule has 1 aromatic carbocycles. The Hall–Kier alpha value is -1.20. The van der Waals surface area contributed by atoms with Crippen molar-refractivity contribution in [2.75, 3.05) is 23.4 Å². The molecule has 18 heavy (non-hydrogen) atoms. The molecule has 2 N–H and O–H groups in total. The van der Waals surface area contributed by atoms with E-state index in [-0.39, 0.29) is 18.3 Å². The monoisotopic (exact) mass is 269 g/mol. The summed E-state index contributed by atoms with van der Waals surface area (Å²) in [7, 11) is -1.20. The van der Waals surface area contributed by atoms with Crippen molar-refractivity contribution in [3.05, 3.63) is 29.8 Å². The van der Waals surface area contributed by atoms with Crippen LogP contribution in [0.3, 0.4) is 0 Å². The number of rotatable bonds is 7. The van der Waals surface area contributed by atoms with E-state index in [0.29, 0.717) is 12.2 Å². The van der Waals surface area contributed by atoms with Crippen LogP contribution in [0.15, 0.2) is 24.3 Å². The van der Waals surface area contributed by atoms with E-state index in [4.69, 9.17) is 5.11 Å². The Balaban J connectivity index is 2.41. The largest absolute Gasteiger partial charge is 0.396 e. The maximum absolute atomic E-state index is 11.6. The summed E-state index contributed by atoms with van der Waals surface area (Å²) in [5.74, 6) is 0.0873. The van der Waals surface area contributed by atoms with Crippen LogP contribution in [0.1, 0.15) is 18.9 Å². The summed E-state index contributed by atoms with van der Waals surface area (Å²) in [4.78, 5) is 11.6. The second-order valence-corrected chi connectivity index (χ2v) is 5.54. The van der Waals surface area contributed by atoms with Gasteiger partial charge in [-0.15, -0.1) is 0 Å². The Labute approximate surface area is 110 Å². The zero-order valence-electron chi connectivity index (χ0n) is 10.5. The van der Waals surface area contributed by atoms with Crippen LogP contribution < -0.4 is 5.32 Å². The predicted octanol–water partition coefficient (Wildman–Crippen LogP) is 1.32. The van der Waals surface area contributed by atoms with Crippen molar-refractivity contribution in [3.63, 3.8) is 0 Å². The lowest BCUT2D eigenvalue weighted by molar-refractivity contribution is -0.113. The quantitative estimate of drug-likeness (QED) is 0.784. The summed E-state index contributed by atoms with van der Waals surface area (Å²) in [5.41, 5.74) is 1.93. The first-order chi connectivity index (χ1) is 8.65. The molecule has 0 saturated carbocycles. The molecule has 5 heteroatoms. The molecule has 0 aromatic heterocycles. The SMILES string of the molecule is CCc1ccc(NC(=O)CS(=O)CCCO)cc1. The highest BCUT2D eigenvalue weighted by atomic mass is 32.2. The normalized spacial score (nSPS) is 12.1. The van der Waals surface area contributed by atoms with Crippen molar-refractivity contribution in [1.29, 1.82) is 0 Å². The van der Waals surface area contributed by atoms with Crippen molar-refractivity contribution < 1.29 is 14.1 Å². The van der Waals surface area contributed by atoms with Crippen molar-refractivity contribution in [1.82, 2.24) is 0 Å². The van der Waals surface area contributed by atoms with Gasteiger partial charge in [0, 0.05) is 28.8 Å². The number of aliphatic hydroxyl groups is 1. The van der Waals surface area contributed by atoms with Crippen molar-refractivity contribution in [2.45, 2.75) is 19.8 Å². The van der Waals surface area contributed by atoms with Gasteiger partial charge in [-0.3, -0.25) is 9.00 Å². The molecule has 1 atom stereocenters. The molecule has 0 spiro atoms. The van der Waals surface area contributed by atoms with E-state index in [0.717, 1.165) is 12.1 Å². The number of anilines is 1. The minimum absolute atomic E-state index is 0.00579.